The average Bonchev–Trinajstić information content (AvgIpc) is 3.22. The Hall–Kier alpha value is -4.16. The van der Waals surface area contributed by atoms with Gasteiger partial charge in [0.2, 0.25) is 0 Å². The Kier molecular flexibility index (Phi) is 5.74. The van der Waals surface area contributed by atoms with Gasteiger partial charge in [-0.2, -0.15) is 0 Å². The van der Waals surface area contributed by atoms with Crippen molar-refractivity contribution in [3.8, 4) is 22.8 Å². The molecule has 6 heteroatoms. The Labute approximate surface area is 194 Å². The molecule has 0 amide bonds. The highest BCUT2D eigenvalue weighted by Gasteiger charge is 2.17. The van der Waals surface area contributed by atoms with Crippen molar-refractivity contribution in [1.82, 2.24) is 4.98 Å². The minimum atomic E-state index is -0.888. The third-order valence-corrected chi connectivity index (χ3v) is 6.12. The van der Waals surface area contributed by atoms with Crippen LogP contribution in [0.3, 0.4) is 0 Å². The molecule has 0 aliphatic heterocycles. The lowest BCUT2D eigenvalue weighted by Crippen LogP contribution is -1.99. The molecule has 1 heterocycles. The van der Waals surface area contributed by atoms with Gasteiger partial charge < -0.3 is 15.2 Å². The summed E-state index contributed by atoms with van der Waals surface area (Å²) in [4.78, 5) is 16.9. The minimum Gasteiger partial charge on any atom is -0.481 e. The van der Waals surface area contributed by atoms with Crippen molar-refractivity contribution in [3.05, 3.63) is 102 Å². The Bertz CT molecular complexity index is 1410. The molecule has 5 nitrogen and oxygen atoms in total. The third kappa shape index (κ3) is 4.71. The summed E-state index contributed by atoms with van der Waals surface area (Å²) in [6.07, 6.45) is -0.0908. The number of carboxylic acid groups (broad SMARTS) is 1. The largest absolute Gasteiger partial charge is 0.481 e. The van der Waals surface area contributed by atoms with Gasteiger partial charge in [-0.15, -0.1) is 11.3 Å². The van der Waals surface area contributed by atoms with Crippen LogP contribution in [0.5, 0.6) is 11.5 Å². The number of carboxylic acids is 1. The van der Waals surface area contributed by atoms with Crippen LogP contribution in [0.2, 0.25) is 0 Å². The van der Waals surface area contributed by atoms with Gasteiger partial charge >= 0.3 is 5.97 Å². The van der Waals surface area contributed by atoms with Crippen molar-refractivity contribution in [2.45, 2.75) is 6.42 Å². The molecule has 1 aromatic heterocycles. The first-order chi connectivity index (χ1) is 16.2. The zero-order valence-electron chi connectivity index (χ0n) is 17.6. The predicted octanol–water partition coefficient (Wildman–Crippen LogP) is 7.13. The molecule has 0 saturated carbocycles. The SMILES string of the molecule is O=C(O)Cc1sc(Nc2cccc3ccccc23)nc1-c1ccc(Oc2ccccc2)cc1. The van der Waals surface area contributed by atoms with Crippen LogP contribution in [0.1, 0.15) is 4.88 Å². The van der Waals surface area contributed by atoms with Gasteiger partial charge in [-0.1, -0.05) is 54.6 Å². The van der Waals surface area contributed by atoms with Crippen molar-refractivity contribution in [2.24, 2.45) is 0 Å². The van der Waals surface area contributed by atoms with Gasteiger partial charge in [0.05, 0.1) is 12.1 Å². The van der Waals surface area contributed by atoms with E-state index in [0.717, 1.165) is 27.8 Å². The van der Waals surface area contributed by atoms with E-state index in [1.54, 1.807) is 0 Å². The fraction of sp³-hybridized carbons (Fsp3) is 0.0370. The zero-order valence-corrected chi connectivity index (χ0v) is 18.4. The number of para-hydroxylation sites is 1. The first-order valence-electron chi connectivity index (χ1n) is 10.5. The molecule has 33 heavy (non-hydrogen) atoms. The highest BCUT2D eigenvalue weighted by Crippen LogP contribution is 2.35. The summed E-state index contributed by atoms with van der Waals surface area (Å²) >= 11 is 1.36. The third-order valence-electron chi connectivity index (χ3n) is 5.15. The summed E-state index contributed by atoms with van der Waals surface area (Å²) in [5.41, 5.74) is 2.44. The molecule has 0 fully saturated rings. The van der Waals surface area contributed by atoms with Gasteiger partial charge in [-0.25, -0.2) is 4.98 Å². The molecule has 0 spiro atoms. The highest BCUT2D eigenvalue weighted by atomic mass is 32.1. The molecule has 0 radical (unpaired) electrons. The molecule has 0 bridgehead atoms. The van der Waals surface area contributed by atoms with Crippen molar-refractivity contribution in [2.75, 3.05) is 5.32 Å². The zero-order chi connectivity index (χ0) is 22.6. The maximum Gasteiger partial charge on any atom is 0.308 e. The Balaban J connectivity index is 1.45. The van der Waals surface area contributed by atoms with Gasteiger partial charge in [0.15, 0.2) is 5.13 Å². The number of anilines is 2. The molecule has 0 aliphatic rings. The standard InChI is InChI=1S/C27H20N2O3S/c30-25(31)17-24-26(19-13-15-21(16-14-19)32-20-9-2-1-3-10-20)29-27(33-24)28-23-12-6-8-18-7-4-5-11-22(18)23/h1-16H,17H2,(H,28,29)(H,30,31). The van der Waals surface area contributed by atoms with E-state index >= 15 is 0 Å². The smallest absolute Gasteiger partial charge is 0.308 e. The highest BCUT2D eigenvalue weighted by molar-refractivity contribution is 7.16. The van der Waals surface area contributed by atoms with Crippen molar-refractivity contribution in [1.29, 1.82) is 0 Å². The molecule has 0 unspecified atom stereocenters. The lowest BCUT2D eigenvalue weighted by Gasteiger charge is -2.07. The van der Waals surface area contributed by atoms with Gasteiger partial charge in [-0.3, -0.25) is 4.79 Å². The number of nitrogens with zero attached hydrogens (tertiary/aromatic N) is 1. The fourth-order valence-corrected chi connectivity index (χ4v) is 4.63. The van der Waals surface area contributed by atoms with Crippen molar-refractivity contribution in [3.63, 3.8) is 0 Å². The second-order valence-electron chi connectivity index (χ2n) is 7.45. The number of aromatic nitrogens is 1. The van der Waals surface area contributed by atoms with E-state index in [4.69, 9.17) is 9.72 Å². The predicted molar refractivity (Wildman–Crippen MR) is 133 cm³/mol. The number of fused-ring (bicyclic) bond motifs is 1. The molecular formula is C27H20N2O3S. The van der Waals surface area contributed by atoms with E-state index in [-0.39, 0.29) is 6.42 Å². The summed E-state index contributed by atoms with van der Waals surface area (Å²) in [5.74, 6) is 0.571. The van der Waals surface area contributed by atoms with Crippen LogP contribution in [0, 0.1) is 0 Å². The molecule has 5 aromatic rings. The molecule has 4 aromatic carbocycles. The maximum absolute atomic E-state index is 11.5. The fourth-order valence-electron chi connectivity index (χ4n) is 3.64. The molecule has 0 aliphatic carbocycles. The number of benzene rings is 4. The van der Waals surface area contributed by atoms with Gasteiger partial charge in [-0.05, 0) is 47.9 Å². The number of thiazole rings is 1. The van der Waals surface area contributed by atoms with Crippen molar-refractivity contribution < 1.29 is 14.6 Å². The molecular weight excluding hydrogens is 432 g/mol. The summed E-state index contributed by atoms with van der Waals surface area (Å²) in [6, 6.07) is 31.2. The van der Waals surface area contributed by atoms with E-state index in [9.17, 15) is 9.90 Å². The van der Waals surface area contributed by atoms with Crippen LogP contribution in [0.4, 0.5) is 10.8 Å². The van der Waals surface area contributed by atoms with E-state index in [1.807, 2.05) is 78.9 Å². The quantitative estimate of drug-likeness (QED) is 0.275. The lowest BCUT2D eigenvalue weighted by atomic mass is 10.1. The minimum absolute atomic E-state index is 0.0908. The lowest BCUT2D eigenvalue weighted by molar-refractivity contribution is -0.136. The van der Waals surface area contributed by atoms with Crippen LogP contribution < -0.4 is 10.1 Å². The molecule has 2 N–H and O–H groups in total. The van der Waals surface area contributed by atoms with Crippen LogP contribution >= 0.6 is 11.3 Å². The molecule has 5 rings (SSSR count). The summed E-state index contributed by atoms with van der Waals surface area (Å²) in [7, 11) is 0. The van der Waals surface area contributed by atoms with Gasteiger partial charge in [0.25, 0.3) is 0 Å². The van der Waals surface area contributed by atoms with Crippen LogP contribution in [0.25, 0.3) is 22.0 Å². The summed E-state index contributed by atoms with van der Waals surface area (Å²) in [6.45, 7) is 0. The Morgan fingerprint density at radius 3 is 2.33 bits per heavy atom. The second kappa shape index (κ2) is 9.14. The second-order valence-corrected chi connectivity index (χ2v) is 8.54. The maximum atomic E-state index is 11.5. The monoisotopic (exact) mass is 452 g/mol. The number of hydrogen-bond acceptors (Lipinski definition) is 5. The van der Waals surface area contributed by atoms with Crippen molar-refractivity contribution >= 4 is 38.9 Å². The first-order valence-corrected chi connectivity index (χ1v) is 11.3. The summed E-state index contributed by atoms with van der Waals surface area (Å²) < 4.78 is 5.86. The average molecular weight is 453 g/mol. The van der Waals surface area contributed by atoms with Crippen LogP contribution in [0.15, 0.2) is 97.1 Å². The molecule has 0 saturated heterocycles. The van der Waals surface area contributed by atoms with Crippen LogP contribution in [-0.2, 0) is 11.2 Å². The topological polar surface area (TPSA) is 71.5 Å². The van der Waals surface area contributed by atoms with E-state index in [1.165, 1.54) is 11.3 Å². The van der Waals surface area contributed by atoms with E-state index in [0.29, 0.717) is 21.5 Å². The number of aliphatic carboxylic acids is 1. The Morgan fingerprint density at radius 1 is 0.848 bits per heavy atom. The number of rotatable bonds is 7. The number of ether oxygens (including phenoxy) is 1. The van der Waals surface area contributed by atoms with Crippen LogP contribution in [-0.4, -0.2) is 16.1 Å². The van der Waals surface area contributed by atoms with Gasteiger partial charge in [0, 0.05) is 21.5 Å². The molecule has 162 valence electrons. The molecule has 0 atom stereocenters. The Morgan fingerprint density at radius 2 is 1.55 bits per heavy atom. The number of carbonyl (C=O) groups is 1. The first kappa shape index (κ1) is 20.7. The number of nitrogens with one attached hydrogen (secondary N) is 1. The van der Waals surface area contributed by atoms with E-state index < -0.39 is 5.97 Å². The normalized spacial score (nSPS) is 10.8. The van der Waals surface area contributed by atoms with Gasteiger partial charge in [0.1, 0.15) is 11.5 Å². The van der Waals surface area contributed by atoms with E-state index in [2.05, 4.69) is 23.5 Å². The number of hydrogen-bond donors (Lipinski definition) is 2. The summed E-state index contributed by atoms with van der Waals surface area (Å²) in [5, 5.41) is 15.7.